The zero-order valence-electron chi connectivity index (χ0n) is 14.6. The van der Waals surface area contributed by atoms with Crippen LogP contribution in [0.5, 0.6) is 5.75 Å². The van der Waals surface area contributed by atoms with Crippen molar-refractivity contribution < 1.29 is 19.4 Å². The van der Waals surface area contributed by atoms with Gasteiger partial charge in [-0.3, -0.25) is 0 Å². The van der Waals surface area contributed by atoms with E-state index < -0.39 is 12.3 Å². The highest BCUT2D eigenvalue weighted by Gasteiger charge is 2.37. The Kier molecular flexibility index (Phi) is 4.90. The molecule has 1 aliphatic rings. The Morgan fingerprint density at radius 2 is 2.04 bits per heavy atom. The van der Waals surface area contributed by atoms with Crippen LogP contribution < -0.4 is 9.64 Å². The third-order valence-corrected chi connectivity index (χ3v) is 5.27. The van der Waals surface area contributed by atoms with E-state index in [-0.39, 0.29) is 0 Å². The maximum atomic E-state index is 11.8. The van der Waals surface area contributed by atoms with Crippen LogP contribution in [0.15, 0.2) is 59.1 Å². The first-order chi connectivity index (χ1) is 13.6. The minimum Gasteiger partial charge on any atom is -0.488 e. The predicted molar refractivity (Wildman–Crippen MR) is 107 cm³/mol. The van der Waals surface area contributed by atoms with Crippen molar-refractivity contribution in [2.45, 2.75) is 12.8 Å². The topological polar surface area (TPSA) is 86.1 Å². The van der Waals surface area contributed by atoms with Crippen molar-refractivity contribution in [2.24, 2.45) is 0 Å². The van der Waals surface area contributed by atoms with E-state index >= 15 is 0 Å². The van der Waals surface area contributed by atoms with Crippen molar-refractivity contribution >= 4 is 38.5 Å². The van der Waals surface area contributed by atoms with Gasteiger partial charge in [-0.2, -0.15) is 5.26 Å². The first-order valence-corrected chi connectivity index (χ1v) is 9.35. The van der Waals surface area contributed by atoms with Crippen molar-refractivity contribution in [2.75, 3.05) is 11.5 Å². The zero-order chi connectivity index (χ0) is 19.7. The molecular weight excluding hydrogens is 424 g/mol. The van der Waals surface area contributed by atoms with Crippen LogP contribution in [0.1, 0.15) is 11.1 Å². The number of epoxide rings is 1. The number of carbonyl (C=O) groups is 1. The largest absolute Gasteiger partial charge is 0.488 e. The SMILES string of the molecule is N#Cc1cccc2c(OCc3ccccc3)cc(N(C(=O)O)C3CO3)c(Br)c12. The van der Waals surface area contributed by atoms with E-state index in [1.54, 1.807) is 18.2 Å². The average molecular weight is 439 g/mol. The summed E-state index contributed by atoms with van der Waals surface area (Å²) in [5.41, 5.74) is 1.79. The molecular formula is C21H15BrN2O4. The van der Waals surface area contributed by atoms with E-state index in [4.69, 9.17) is 9.47 Å². The molecule has 1 saturated heterocycles. The molecule has 1 aliphatic heterocycles. The minimum atomic E-state index is -1.13. The van der Waals surface area contributed by atoms with Crippen molar-refractivity contribution in [1.29, 1.82) is 5.26 Å². The van der Waals surface area contributed by atoms with Crippen LogP contribution >= 0.6 is 15.9 Å². The Morgan fingerprint density at radius 1 is 1.29 bits per heavy atom. The highest BCUT2D eigenvalue weighted by Crippen LogP contribution is 2.43. The second kappa shape index (κ2) is 7.50. The van der Waals surface area contributed by atoms with Gasteiger partial charge in [-0.15, -0.1) is 0 Å². The van der Waals surface area contributed by atoms with Gasteiger partial charge in [0.05, 0.1) is 28.4 Å². The number of nitrogens with zero attached hydrogens (tertiary/aromatic N) is 2. The number of hydrogen-bond acceptors (Lipinski definition) is 4. The summed E-state index contributed by atoms with van der Waals surface area (Å²) in [4.78, 5) is 13.0. The number of benzene rings is 3. The molecule has 0 saturated carbocycles. The number of fused-ring (bicyclic) bond motifs is 1. The molecule has 3 aromatic carbocycles. The number of hydrogen-bond donors (Lipinski definition) is 1. The molecule has 4 rings (SSSR count). The van der Waals surface area contributed by atoms with Gasteiger partial charge in [0.1, 0.15) is 12.4 Å². The van der Waals surface area contributed by atoms with E-state index in [0.717, 1.165) is 15.8 Å². The number of amides is 1. The summed E-state index contributed by atoms with van der Waals surface area (Å²) < 4.78 is 11.8. The van der Waals surface area contributed by atoms with Crippen LogP contribution in [0.3, 0.4) is 0 Å². The molecule has 28 heavy (non-hydrogen) atoms. The molecule has 0 spiro atoms. The van der Waals surface area contributed by atoms with E-state index in [1.165, 1.54) is 0 Å². The smallest absolute Gasteiger partial charge is 0.414 e. The van der Waals surface area contributed by atoms with Gasteiger partial charge in [0.15, 0.2) is 6.23 Å². The van der Waals surface area contributed by atoms with Crippen molar-refractivity contribution in [3.05, 3.63) is 70.2 Å². The molecule has 1 fully saturated rings. The highest BCUT2D eigenvalue weighted by atomic mass is 79.9. The number of halogens is 1. The van der Waals surface area contributed by atoms with Crippen LogP contribution in [0.25, 0.3) is 10.8 Å². The Bertz CT molecular complexity index is 1090. The molecule has 3 aromatic rings. The lowest BCUT2D eigenvalue weighted by atomic mass is 10.0. The fraction of sp³-hybridized carbons (Fsp3) is 0.143. The van der Waals surface area contributed by atoms with Gasteiger partial charge < -0.3 is 14.6 Å². The second-order valence-electron chi connectivity index (χ2n) is 6.26. The van der Waals surface area contributed by atoms with Gasteiger partial charge in [-0.05, 0) is 27.6 Å². The predicted octanol–water partition coefficient (Wildman–Crippen LogP) is 4.89. The number of ether oxygens (including phenoxy) is 2. The Labute approximate surface area is 169 Å². The van der Waals surface area contributed by atoms with Crippen LogP contribution in [0, 0.1) is 11.3 Å². The van der Waals surface area contributed by atoms with E-state index in [1.807, 2.05) is 36.4 Å². The van der Waals surface area contributed by atoms with Crippen LogP contribution in [0.2, 0.25) is 0 Å². The molecule has 0 radical (unpaired) electrons. The molecule has 1 amide bonds. The highest BCUT2D eigenvalue weighted by molar-refractivity contribution is 9.10. The average Bonchev–Trinajstić information content (AvgIpc) is 3.54. The van der Waals surface area contributed by atoms with Crippen LogP contribution in [-0.2, 0) is 11.3 Å². The first-order valence-electron chi connectivity index (χ1n) is 8.56. The van der Waals surface area contributed by atoms with Gasteiger partial charge in [0.25, 0.3) is 0 Å². The molecule has 1 heterocycles. The number of nitriles is 1. The number of rotatable bonds is 5. The van der Waals surface area contributed by atoms with Gasteiger partial charge in [-0.25, -0.2) is 9.69 Å². The summed E-state index contributed by atoms with van der Waals surface area (Å²) in [5.74, 6) is 0.501. The Hall–Kier alpha value is -3.08. The molecule has 1 atom stereocenters. The van der Waals surface area contributed by atoms with Crippen LogP contribution in [0.4, 0.5) is 10.5 Å². The Morgan fingerprint density at radius 3 is 2.68 bits per heavy atom. The molecule has 1 N–H and O–H groups in total. The van der Waals surface area contributed by atoms with E-state index in [9.17, 15) is 15.2 Å². The zero-order valence-corrected chi connectivity index (χ0v) is 16.2. The van der Waals surface area contributed by atoms with Gasteiger partial charge in [0.2, 0.25) is 0 Å². The quantitative estimate of drug-likeness (QED) is 0.572. The molecule has 6 nitrogen and oxygen atoms in total. The molecule has 0 bridgehead atoms. The summed E-state index contributed by atoms with van der Waals surface area (Å²) in [7, 11) is 0. The molecule has 7 heteroatoms. The fourth-order valence-corrected chi connectivity index (χ4v) is 3.82. The molecule has 0 aliphatic carbocycles. The first kappa shape index (κ1) is 18.3. The number of anilines is 1. The summed E-state index contributed by atoms with van der Waals surface area (Å²) in [6, 6.07) is 18.8. The van der Waals surface area contributed by atoms with Crippen molar-refractivity contribution in [3.63, 3.8) is 0 Å². The fourth-order valence-electron chi connectivity index (χ4n) is 3.08. The third kappa shape index (κ3) is 3.40. The summed E-state index contributed by atoms with van der Waals surface area (Å²) >= 11 is 3.50. The lowest BCUT2D eigenvalue weighted by molar-refractivity contribution is 0.197. The molecule has 1 unspecified atom stereocenters. The number of carboxylic acid groups (broad SMARTS) is 1. The monoisotopic (exact) mass is 438 g/mol. The summed E-state index contributed by atoms with van der Waals surface area (Å²) in [5, 5.41) is 20.6. The summed E-state index contributed by atoms with van der Waals surface area (Å²) in [6.07, 6.45) is -1.67. The van der Waals surface area contributed by atoms with Crippen LogP contribution in [-0.4, -0.2) is 24.0 Å². The lowest BCUT2D eigenvalue weighted by Crippen LogP contribution is -2.32. The maximum absolute atomic E-state index is 11.8. The lowest BCUT2D eigenvalue weighted by Gasteiger charge is -2.22. The summed E-state index contributed by atoms with van der Waals surface area (Å²) in [6.45, 7) is 0.650. The Balaban J connectivity index is 1.86. The van der Waals surface area contributed by atoms with E-state index in [0.29, 0.717) is 40.1 Å². The normalized spacial score (nSPS) is 15.1. The van der Waals surface area contributed by atoms with Crippen molar-refractivity contribution in [3.8, 4) is 11.8 Å². The second-order valence-corrected chi connectivity index (χ2v) is 7.06. The van der Waals surface area contributed by atoms with E-state index in [2.05, 4.69) is 22.0 Å². The standard InChI is InChI=1S/C21H15BrN2O4/c22-20-16(24(21(25)26)18-12-28-18)9-17(27-11-13-5-2-1-3-6-13)15-8-4-7-14(10-23)19(15)20/h1-9,18H,11-12H2,(H,25,26). The maximum Gasteiger partial charge on any atom is 0.414 e. The molecule has 0 aromatic heterocycles. The van der Waals surface area contributed by atoms with Gasteiger partial charge in [-0.1, -0.05) is 42.5 Å². The van der Waals surface area contributed by atoms with Crippen molar-refractivity contribution in [1.82, 2.24) is 0 Å². The third-order valence-electron chi connectivity index (χ3n) is 4.47. The minimum absolute atomic E-state index is 0.320. The molecule has 140 valence electrons. The van der Waals surface area contributed by atoms with Gasteiger partial charge >= 0.3 is 6.09 Å². The van der Waals surface area contributed by atoms with Gasteiger partial charge in [0, 0.05) is 16.8 Å².